The lowest BCUT2D eigenvalue weighted by Crippen LogP contribution is -2.50. The number of hydrogen-bond donors (Lipinski definition) is 2. The third-order valence-corrected chi connectivity index (χ3v) is 8.61. The van der Waals surface area contributed by atoms with Crippen LogP contribution in [0.1, 0.15) is 64.0 Å². The number of amides is 2. The van der Waals surface area contributed by atoms with Gasteiger partial charge in [-0.25, -0.2) is 8.42 Å². The summed E-state index contributed by atoms with van der Waals surface area (Å²) in [5.41, 5.74) is 7.31. The number of rotatable bonds is 9. The Morgan fingerprint density at radius 3 is 2.38 bits per heavy atom. The van der Waals surface area contributed by atoms with Gasteiger partial charge >= 0.3 is 0 Å². The largest absolute Gasteiger partial charge is 0.349 e. The van der Waals surface area contributed by atoms with Gasteiger partial charge in [-0.1, -0.05) is 56.5 Å². The van der Waals surface area contributed by atoms with E-state index in [9.17, 15) is 18.0 Å². The number of nitrogens with zero attached hydrogens (tertiary/aromatic N) is 2. The molecule has 1 saturated heterocycles. The molecule has 0 spiro atoms. The van der Waals surface area contributed by atoms with Crippen LogP contribution >= 0.6 is 0 Å². The second kappa shape index (κ2) is 11.6. The molecule has 9 heteroatoms. The average molecular weight is 493 g/mol. The number of carbonyl (C=O) groups is 2. The van der Waals surface area contributed by atoms with E-state index in [1.807, 2.05) is 37.3 Å². The van der Waals surface area contributed by atoms with Gasteiger partial charge in [-0.05, 0) is 37.7 Å². The first-order valence-corrected chi connectivity index (χ1v) is 14.3. The van der Waals surface area contributed by atoms with Crippen LogP contribution in [-0.4, -0.2) is 67.4 Å². The van der Waals surface area contributed by atoms with Crippen molar-refractivity contribution < 1.29 is 18.0 Å². The van der Waals surface area contributed by atoms with Crippen LogP contribution in [0.4, 0.5) is 0 Å². The minimum absolute atomic E-state index is 0.0769. The molecule has 0 aromatic heterocycles. The minimum Gasteiger partial charge on any atom is -0.349 e. The van der Waals surface area contributed by atoms with Crippen LogP contribution in [0.5, 0.6) is 0 Å². The van der Waals surface area contributed by atoms with Crippen molar-refractivity contribution in [2.75, 3.05) is 25.9 Å². The molecule has 190 valence electrons. The molecule has 0 bridgehead atoms. The number of hydrogen-bond acceptors (Lipinski definition) is 5. The molecule has 3 N–H and O–H groups in total. The molecule has 1 aromatic rings. The fourth-order valence-corrected chi connectivity index (χ4v) is 6.38. The zero-order valence-corrected chi connectivity index (χ0v) is 21.5. The molecule has 1 aliphatic carbocycles. The lowest BCUT2D eigenvalue weighted by molar-refractivity contribution is -0.133. The highest BCUT2D eigenvalue weighted by atomic mass is 32.2. The third-order valence-electron chi connectivity index (χ3n) is 7.31. The van der Waals surface area contributed by atoms with E-state index in [4.69, 9.17) is 5.73 Å². The third kappa shape index (κ3) is 6.79. The molecule has 2 fully saturated rings. The van der Waals surface area contributed by atoms with Gasteiger partial charge in [0, 0.05) is 31.6 Å². The summed E-state index contributed by atoms with van der Waals surface area (Å²) in [5.74, 6) is -0.600. The van der Waals surface area contributed by atoms with E-state index in [0.29, 0.717) is 19.5 Å². The molecule has 4 atom stereocenters. The van der Waals surface area contributed by atoms with Crippen LogP contribution in [0, 0.1) is 11.8 Å². The van der Waals surface area contributed by atoms with Gasteiger partial charge in [0.1, 0.15) is 0 Å². The SMILES string of the molecule is CC(CN(C1CCN(C(=O)C(N)C2CCCCC2)C1)S(C)(=O)=O)C(=O)NC(C)c1ccccc1. The summed E-state index contributed by atoms with van der Waals surface area (Å²) < 4.78 is 26.7. The maximum absolute atomic E-state index is 13.0. The minimum atomic E-state index is -3.56. The normalized spacial score (nSPS) is 22.4. The van der Waals surface area contributed by atoms with Crippen LogP contribution in [-0.2, 0) is 19.6 Å². The first kappa shape index (κ1) is 26.6. The summed E-state index contributed by atoms with van der Waals surface area (Å²) in [6.07, 6.45) is 7.09. The first-order chi connectivity index (χ1) is 16.1. The Bertz CT molecular complexity index is 933. The summed E-state index contributed by atoms with van der Waals surface area (Å²) >= 11 is 0. The monoisotopic (exact) mass is 492 g/mol. The molecule has 3 rings (SSSR count). The van der Waals surface area contributed by atoms with Gasteiger partial charge in [0.2, 0.25) is 21.8 Å². The number of benzene rings is 1. The quantitative estimate of drug-likeness (QED) is 0.549. The van der Waals surface area contributed by atoms with Gasteiger partial charge in [-0.3, -0.25) is 9.59 Å². The maximum Gasteiger partial charge on any atom is 0.239 e. The topological polar surface area (TPSA) is 113 Å². The Hall–Kier alpha value is -1.97. The summed E-state index contributed by atoms with van der Waals surface area (Å²) in [6, 6.07) is 8.60. The van der Waals surface area contributed by atoms with Gasteiger partial charge < -0.3 is 16.0 Å². The predicted octanol–water partition coefficient (Wildman–Crippen LogP) is 2.27. The highest BCUT2D eigenvalue weighted by molar-refractivity contribution is 7.88. The van der Waals surface area contributed by atoms with E-state index in [0.717, 1.165) is 31.2 Å². The lowest BCUT2D eigenvalue weighted by Gasteiger charge is -2.31. The van der Waals surface area contributed by atoms with Crippen molar-refractivity contribution in [3.63, 3.8) is 0 Å². The fourth-order valence-electron chi connectivity index (χ4n) is 5.17. The van der Waals surface area contributed by atoms with Gasteiger partial charge in [0.25, 0.3) is 0 Å². The molecule has 1 aliphatic heterocycles. The maximum atomic E-state index is 13.0. The van der Waals surface area contributed by atoms with Gasteiger partial charge in [-0.15, -0.1) is 0 Å². The standard InChI is InChI=1S/C25H40N4O4S/c1-18(24(30)27-19(2)20-10-6-4-7-11-20)16-29(34(3,32)33)22-14-15-28(17-22)25(31)23(26)21-12-8-5-9-13-21/h4,6-7,10-11,18-19,21-23H,5,8-9,12-17,26H2,1-3H3,(H,27,30). The van der Waals surface area contributed by atoms with E-state index in [2.05, 4.69) is 5.32 Å². The van der Waals surface area contributed by atoms with E-state index < -0.39 is 22.0 Å². The number of likely N-dealkylation sites (tertiary alicyclic amines) is 1. The summed E-state index contributed by atoms with van der Waals surface area (Å²) in [5, 5.41) is 2.98. The highest BCUT2D eigenvalue weighted by Crippen LogP contribution is 2.28. The summed E-state index contributed by atoms with van der Waals surface area (Å²) in [7, 11) is -3.56. The molecule has 2 aliphatic rings. The van der Waals surface area contributed by atoms with Gasteiger partial charge in [-0.2, -0.15) is 4.31 Å². The van der Waals surface area contributed by atoms with Gasteiger partial charge in [0.05, 0.1) is 18.3 Å². The van der Waals surface area contributed by atoms with Crippen LogP contribution in [0.25, 0.3) is 0 Å². The molecule has 1 saturated carbocycles. The Balaban J connectivity index is 1.60. The predicted molar refractivity (Wildman–Crippen MR) is 133 cm³/mol. The number of carbonyl (C=O) groups excluding carboxylic acids is 2. The Kier molecular flexibility index (Phi) is 9.12. The molecule has 8 nitrogen and oxygen atoms in total. The summed E-state index contributed by atoms with van der Waals surface area (Å²) in [6.45, 7) is 4.53. The number of nitrogens with one attached hydrogen (secondary N) is 1. The first-order valence-electron chi connectivity index (χ1n) is 12.4. The second-order valence-corrected chi connectivity index (χ2v) is 12.0. The molecule has 1 heterocycles. The molecule has 1 aromatic carbocycles. The molecule has 34 heavy (non-hydrogen) atoms. The van der Waals surface area contributed by atoms with Crippen LogP contribution in [0.15, 0.2) is 30.3 Å². The van der Waals surface area contributed by atoms with E-state index in [1.54, 1.807) is 11.8 Å². The zero-order chi connectivity index (χ0) is 24.9. The van der Waals surface area contributed by atoms with Crippen molar-refractivity contribution in [3.8, 4) is 0 Å². The number of nitrogens with two attached hydrogens (primary N) is 1. The Labute approximate surface area is 204 Å². The molecule has 2 amide bonds. The second-order valence-electron chi connectivity index (χ2n) is 10.0. The molecular formula is C25H40N4O4S. The van der Waals surface area contributed by atoms with Crippen LogP contribution in [0.3, 0.4) is 0 Å². The van der Waals surface area contributed by atoms with Crippen molar-refractivity contribution in [1.29, 1.82) is 0 Å². The fraction of sp³-hybridized carbons (Fsp3) is 0.680. The van der Waals surface area contributed by atoms with Crippen molar-refractivity contribution in [2.45, 2.75) is 70.5 Å². The molecule has 4 unspecified atom stereocenters. The molecular weight excluding hydrogens is 452 g/mol. The van der Waals surface area contributed by atoms with Crippen molar-refractivity contribution in [3.05, 3.63) is 35.9 Å². The average Bonchev–Trinajstić information content (AvgIpc) is 3.31. The number of sulfonamides is 1. The Morgan fingerprint density at radius 2 is 1.76 bits per heavy atom. The van der Waals surface area contributed by atoms with E-state index in [-0.39, 0.29) is 36.4 Å². The van der Waals surface area contributed by atoms with Crippen molar-refractivity contribution >= 4 is 21.8 Å². The zero-order valence-electron chi connectivity index (χ0n) is 20.7. The van der Waals surface area contributed by atoms with E-state index in [1.165, 1.54) is 17.0 Å². The highest BCUT2D eigenvalue weighted by Gasteiger charge is 2.39. The summed E-state index contributed by atoms with van der Waals surface area (Å²) in [4.78, 5) is 27.6. The van der Waals surface area contributed by atoms with Crippen LogP contribution < -0.4 is 11.1 Å². The smallest absolute Gasteiger partial charge is 0.239 e. The lowest BCUT2D eigenvalue weighted by atomic mass is 9.84. The van der Waals surface area contributed by atoms with Gasteiger partial charge in [0.15, 0.2) is 0 Å². The van der Waals surface area contributed by atoms with Crippen molar-refractivity contribution in [2.24, 2.45) is 17.6 Å². The van der Waals surface area contributed by atoms with Crippen molar-refractivity contribution in [1.82, 2.24) is 14.5 Å². The van der Waals surface area contributed by atoms with E-state index >= 15 is 0 Å². The Morgan fingerprint density at radius 1 is 1.12 bits per heavy atom. The molecule has 0 radical (unpaired) electrons. The van der Waals surface area contributed by atoms with Crippen LogP contribution in [0.2, 0.25) is 0 Å².